The molecule has 2 aliphatic rings. The van der Waals surface area contributed by atoms with E-state index in [1.54, 1.807) is 12.1 Å². The Morgan fingerprint density at radius 1 is 1.09 bits per heavy atom. The van der Waals surface area contributed by atoms with Crippen molar-refractivity contribution in [2.75, 3.05) is 25.0 Å². The fourth-order valence-corrected chi connectivity index (χ4v) is 5.34. The molecule has 1 fully saturated rings. The molecule has 0 aromatic heterocycles. The van der Waals surface area contributed by atoms with Gasteiger partial charge in [0.05, 0.1) is 32.1 Å². The number of benzene rings is 3. The molecule has 33 heavy (non-hydrogen) atoms. The topological polar surface area (TPSA) is 24.8 Å². The second-order valence-electron chi connectivity index (χ2n) is 9.23. The lowest BCUT2D eigenvalue weighted by Crippen LogP contribution is -3.11. The maximum absolute atomic E-state index is 14.2. The van der Waals surface area contributed by atoms with Crippen LogP contribution in [0.1, 0.15) is 34.6 Å². The van der Waals surface area contributed by atoms with Crippen molar-refractivity contribution in [2.45, 2.75) is 25.3 Å². The van der Waals surface area contributed by atoms with Gasteiger partial charge in [-0.3, -0.25) is 4.79 Å². The van der Waals surface area contributed by atoms with Gasteiger partial charge in [0.1, 0.15) is 5.82 Å². The van der Waals surface area contributed by atoms with E-state index in [2.05, 4.69) is 32.2 Å². The van der Waals surface area contributed by atoms with E-state index in [-0.39, 0.29) is 17.8 Å². The molecule has 3 aromatic rings. The quantitative estimate of drug-likeness (QED) is 0.442. The SMILES string of the molecule is Cc1ccc2c(c1)[C@@H]1C[NH+](C)CC[C@@H]1N2C(=O)/C(=C/c1ccc(Cl)cc1)c1ccc(F)cc1. The predicted octanol–water partition coefficient (Wildman–Crippen LogP) is 4.75. The molecule has 1 N–H and O–H groups in total. The molecule has 2 aliphatic heterocycles. The summed E-state index contributed by atoms with van der Waals surface area (Å²) in [6.45, 7) is 4.14. The van der Waals surface area contributed by atoms with Gasteiger partial charge >= 0.3 is 0 Å². The molecule has 5 heteroatoms. The smallest absolute Gasteiger partial charge is 0.259 e. The summed E-state index contributed by atoms with van der Waals surface area (Å²) in [5.41, 5.74) is 5.60. The number of nitrogens with one attached hydrogen (secondary N) is 1. The molecule has 2 heterocycles. The van der Waals surface area contributed by atoms with Crippen LogP contribution < -0.4 is 9.80 Å². The van der Waals surface area contributed by atoms with Crippen molar-refractivity contribution in [1.29, 1.82) is 0 Å². The number of carbonyl (C=O) groups is 1. The van der Waals surface area contributed by atoms with E-state index in [9.17, 15) is 9.18 Å². The third-order valence-corrected chi connectivity index (χ3v) is 7.11. The lowest BCUT2D eigenvalue weighted by molar-refractivity contribution is -0.886. The first-order chi connectivity index (χ1) is 15.9. The number of hydrogen-bond acceptors (Lipinski definition) is 1. The van der Waals surface area contributed by atoms with Crippen LogP contribution in [-0.4, -0.2) is 32.1 Å². The highest BCUT2D eigenvalue weighted by Gasteiger charge is 2.46. The zero-order chi connectivity index (χ0) is 23.1. The average molecular weight is 462 g/mol. The van der Waals surface area contributed by atoms with Crippen molar-refractivity contribution in [3.63, 3.8) is 0 Å². The van der Waals surface area contributed by atoms with Crippen LogP contribution in [0, 0.1) is 12.7 Å². The van der Waals surface area contributed by atoms with Gasteiger partial charge in [-0.15, -0.1) is 0 Å². The molecule has 168 valence electrons. The number of anilines is 1. The van der Waals surface area contributed by atoms with Gasteiger partial charge in [0.25, 0.3) is 5.91 Å². The summed E-state index contributed by atoms with van der Waals surface area (Å²) in [4.78, 5) is 17.7. The second kappa shape index (κ2) is 8.77. The number of rotatable bonds is 3. The van der Waals surface area contributed by atoms with E-state index >= 15 is 0 Å². The highest BCUT2D eigenvalue weighted by atomic mass is 35.5. The van der Waals surface area contributed by atoms with E-state index in [0.29, 0.717) is 22.1 Å². The van der Waals surface area contributed by atoms with Gasteiger partial charge in [-0.05, 0) is 60.0 Å². The minimum atomic E-state index is -0.322. The van der Waals surface area contributed by atoms with E-state index < -0.39 is 0 Å². The standard InChI is InChI=1S/C28H26ClFN2O/c1-18-3-12-26-24(15-18)25-17-31(2)14-13-27(25)32(26)28(33)23(20-6-10-22(30)11-7-20)16-19-4-8-21(29)9-5-19/h3-12,15-16,25,27H,13-14,17H2,1-2H3/p+1/b23-16+/t25-,27-/m0/s1. The Morgan fingerprint density at radius 3 is 2.55 bits per heavy atom. The summed E-state index contributed by atoms with van der Waals surface area (Å²) in [6, 6.07) is 20.1. The molecule has 0 saturated carbocycles. The highest BCUT2D eigenvalue weighted by Crippen LogP contribution is 2.44. The van der Waals surface area contributed by atoms with Crippen LogP contribution in [0.2, 0.25) is 5.02 Å². The van der Waals surface area contributed by atoms with E-state index in [4.69, 9.17) is 11.6 Å². The molecule has 1 saturated heterocycles. The van der Waals surface area contributed by atoms with Gasteiger partial charge in [-0.2, -0.15) is 0 Å². The van der Waals surface area contributed by atoms with Crippen LogP contribution in [0.3, 0.4) is 0 Å². The number of quaternary nitrogens is 1. The zero-order valence-electron chi connectivity index (χ0n) is 18.8. The average Bonchev–Trinajstić information content (AvgIpc) is 3.12. The number of nitrogens with zero attached hydrogens (tertiary/aromatic N) is 1. The zero-order valence-corrected chi connectivity index (χ0v) is 19.6. The molecule has 0 radical (unpaired) electrons. The molecule has 0 bridgehead atoms. The molecule has 3 nitrogen and oxygen atoms in total. The minimum Gasteiger partial charge on any atom is -0.337 e. The van der Waals surface area contributed by atoms with Crippen molar-refractivity contribution in [1.82, 2.24) is 0 Å². The molecular weight excluding hydrogens is 435 g/mol. The molecule has 0 spiro atoms. The van der Waals surface area contributed by atoms with Crippen LogP contribution >= 0.6 is 11.6 Å². The number of likely N-dealkylation sites (N-methyl/N-ethyl adjacent to an activating group) is 1. The number of amides is 1. The number of fused-ring (bicyclic) bond motifs is 3. The molecule has 3 aromatic carbocycles. The Balaban J connectivity index is 1.62. The van der Waals surface area contributed by atoms with Gasteiger partial charge in [0.2, 0.25) is 0 Å². The number of piperidine rings is 1. The Kier molecular flexibility index (Phi) is 5.81. The van der Waals surface area contributed by atoms with Crippen LogP contribution in [0.15, 0.2) is 66.7 Å². The molecular formula is C28H27ClFN2O+. The predicted molar refractivity (Wildman–Crippen MR) is 132 cm³/mol. The van der Waals surface area contributed by atoms with Gasteiger partial charge in [0, 0.05) is 22.7 Å². The van der Waals surface area contributed by atoms with Crippen LogP contribution in [0.4, 0.5) is 10.1 Å². The summed E-state index contributed by atoms with van der Waals surface area (Å²) < 4.78 is 13.7. The first-order valence-corrected chi connectivity index (χ1v) is 11.8. The molecule has 3 atom stereocenters. The third-order valence-electron chi connectivity index (χ3n) is 6.86. The maximum Gasteiger partial charge on any atom is 0.259 e. The van der Waals surface area contributed by atoms with Crippen molar-refractivity contribution in [3.05, 3.63) is 99.8 Å². The first kappa shape index (κ1) is 21.9. The van der Waals surface area contributed by atoms with E-state index in [0.717, 1.165) is 30.8 Å². The first-order valence-electron chi connectivity index (χ1n) is 11.4. The van der Waals surface area contributed by atoms with Crippen molar-refractivity contribution in [2.24, 2.45) is 0 Å². The number of likely N-dealkylation sites (tertiary alicyclic amines) is 1. The summed E-state index contributed by atoms with van der Waals surface area (Å²) in [5, 5.41) is 0.641. The fraction of sp³-hybridized carbons (Fsp3) is 0.250. The summed E-state index contributed by atoms with van der Waals surface area (Å²) >= 11 is 6.07. The van der Waals surface area contributed by atoms with Crippen molar-refractivity contribution >= 4 is 34.8 Å². The van der Waals surface area contributed by atoms with Crippen LogP contribution in [0.25, 0.3) is 11.6 Å². The number of halogens is 2. The highest BCUT2D eigenvalue weighted by molar-refractivity contribution is 6.31. The summed E-state index contributed by atoms with van der Waals surface area (Å²) in [6.07, 6.45) is 2.83. The summed E-state index contributed by atoms with van der Waals surface area (Å²) in [7, 11) is 2.22. The number of carbonyl (C=O) groups excluding carboxylic acids is 1. The Labute approximate surface area is 199 Å². The fourth-order valence-electron chi connectivity index (χ4n) is 5.22. The molecule has 5 rings (SSSR count). The Morgan fingerprint density at radius 2 is 1.82 bits per heavy atom. The monoisotopic (exact) mass is 461 g/mol. The Hall–Kier alpha value is -2.95. The summed E-state index contributed by atoms with van der Waals surface area (Å²) in [5.74, 6) is -0.0475. The second-order valence-corrected chi connectivity index (χ2v) is 9.66. The van der Waals surface area contributed by atoms with Crippen molar-refractivity contribution in [3.8, 4) is 0 Å². The van der Waals surface area contributed by atoms with E-state index in [1.165, 1.54) is 28.2 Å². The van der Waals surface area contributed by atoms with Gasteiger partial charge in [-0.1, -0.05) is 53.6 Å². The van der Waals surface area contributed by atoms with Crippen molar-refractivity contribution < 1.29 is 14.1 Å². The van der Waals surface area contributed by atoms with E-state index in [1.807, 2.05) is 35.2 Å². The van der Waals surface area contributed by atoms with Gasteiger partial charge in [-0.25, -0.2) is 4.39 Å². The largest absolute Gasteiger partial charge is 0.337 e. The van der Waals surface area contributed by atoms with Crippen LogP contribution in [0.5, 0.6) is 0 Å². The lowest BCUT2D eigenvalue weighted by Gasteiger charge is -2.34. The van der Waals surface area contributed by atoms with Gasteiger partial charge in [0.15, 0.2) is 0 Å². The Bertz CT molecular complexity index is 1220. The normalized spacial score (nSPS) is 22.1. The van der Waals surface area contributed by atoms with Crippen LogP contribution in [-0.2, 0) is 4.79 Å². The maximum atomic E-state index is 14.2. The minimum absolute atomic E-state index is 0.0475. The van der Waals surface area contributed by atoms with Gasteiger partial charge < -0.3 is 9.80 Å². The number of aryl methyl sites for hydroxylation is 1. The third kappa shape index (κ3) is 4.21. The molecule has 1 unspecified atom stereocenters. The number of hydrogen-bond donors (Lipinski definition) is 1. The molecule has 0 aliphatic carbocycles. The lowest BCUT2D eigenvalue weighted by atomic mass is 9.88. The molecule has 1 amide bonds.